The zero-order valence-corrected chi connectivity index (χ0v) is 10.3. The maximum atomic E-state index is 12.9. The molecule has 0 saturated carbocycles. The Kier molecular flexibility index (Phi) is 4.09. The van der Waals surface area contributed by atoms with Crippen LogP contribution in [0, 0.1) is 11.6 Å². The lowest BCUT2D eigenvalue weighted by atomic mass is 10.2. The van der Waals surface area contributed by atoms with Gasteiger partial charge in [-0.3, -0.25) is 9.59 Å². The second kappa shape index (κ2) is 5.77. The minimum atomic E-state index is -0.823. The molecule has 19 heavy (non-hydrogen) atoms. The van der Waals surface area contributed by atoms with E-state index in [-0.39, 0.29) is 18.0 Å². The summed E-state index contributed by atoms with van der Waals surface area (Å²) in [7, 11) is 0. The summed E-state index contributed by atoms with van der Waals surface area (Å²) in [5.74, 6) is -2.49. The maximum Gasteiger partial charge on any atom is 0.251 e. The Morgan fingerprint density at radius 1 is 1.11 bits per heavy atom. The van der Waals surface area contributed by atoms with Crippen LogP contribution < -0.4 is 5.32 Å². The van der Waals surface area contributed by atoms with Gasteiger partial charge in [0.25, 0.3) is 5.91 Å². The third-order valence-electron chi connectivity index (χ3n) is 2.98. The Bertz CT molecular complexity index is 479. The van der Waals surface area contributed by atoms with E-state index in [1.54, 1.807) is 4.90 Å². The summed E-state index contributed by atoms with van der Waals surface area (Å²) in [6, 6.07) is 2.55. The molecule has 0 atom stereocenters. The van der Waals surface area contributed by atoms with Crippen LogP contribution in [0.4, 0.5) is 8.78 Å². The van der Waals surface area contributed by atoms with Gasteiger partial charge in [-0.15, -0.1) is 0 Å². The lowest BCUT2D eigenvalue weighted by molar-refractivity contribution is -0.129. The number of benzene rings is 1. The van der Waals surface area contributed by atoms with Crippen LogP contribution in [0.1, 0.15) is 23.2 Å². The van der Waals surface area contributed by atoms with Crippen molar-refractivity contribution in [2.24, 2.45) is 0 Å². The molecule has 1 aliphatic rings. The minimum Gasteiger partial charge on any atom is -0.343 e. The van der Waals surface area contributed by atoms with E-state index in [4.69, 9.17) is 0 Å². The number of carbonyl (C=O) groups excluding carboxylic acids is 2. The molecule has 1 aliphatic heterocycles. The van der Waals surface area contributed by atoms with Crippen LogP contribution in [0.3, 0.4) is 0 Å². The first-order valence-corrected chi connectivity index (χ1v) is 6.08. The summed E-state index contributed by atoms with van der Waals surface area (Å²) in [6.07, 6.45) is 1.93. The molecule has 0 spiro atoms. The fourth-order valence-corrected chi connectivity index (χ4v) is 2.02. The topological polar surface area (TPSA) is 49.4 Å². The van der Waals surface area contributed by atoms with Crippen molar-refractivity contribution in [3.63, 3.8) is 0 Å². The van der Waals surface area contributed by atoms with Gasteiger partial charge in [-0.2, -0.15) is 0 Å². The number of nitrogens with one attached hydrogen (secondary N) is 1. The summed E-state index contributed by atoms with van der Waals surface area (Å²) in [5.41, 5.74) is -0.133. The Morgan fingerprint density at radius 3 is 2.26 bits per heavy atom. The quantitative estimate of drug-likeness (QED) is 0.898. The maximum absolute atomic E-state index is 12.9. The molecule has 0 aliphatic carbocycles. The van der Waals surface area contributed by atoms with Crippen LogP contribution in [-0.4, -0.2) is 36.3 Å². The highest BCUT2D eigenvalue weighted by Gasteiger charge is 2.18. The monoisotopic (exact) mass is 268 g/mol. The lowest BCUT2D eigenvalue weighted by Gasteiger charge is -2.15. The number of hydrogen-bond acceptors (Lipinski definition) is 2. The van der Waals surface area contributed by atoms with E-state index in [9.17, 15) is 18.4 Å². The molecule has 6 heteroatoms. The largest absolute Gasteiger partial charge is 0.343 e. The molecule has 1 aromatic rings. The fourth-order valence-electron chi connectivity index (χ4n) is 2.02. The Morgan fingerprint density at radius 2 is 1.68 bits per heavy atom. The van der Waals surface area contributed by atoms with Gasteiger partial charge in [-0.1, -0.05) is 0 Å². The molecular formula is C13H14F2N2O2. The van der Waals surface area contributed by atoms with Crippen molar-refractivity contribution < 1.29 is 18.4 Å². The molecule has 0 aromatic heterocycles. The van der Waals surface area contributed by atoms with Gasteiger partial charge in [0.2, 0.25) is 5.91 Å². The van der Waals surface area contributed by atoms with Gasteiger partial charge in [0.15, 0.2) is 0 Å². The van der Waals surface area contributed by atoms with E-state index in [0.29, 0.717) is 19.2 Å². The molecule has 1 aromatic carbocycles. The van der Waals surface area contributed by atoms with Crippen molar-refractivity contribution >= 4 is 11.8 Å². The van der Waals surface area contributed by atoms with E-state index >= 15 is 0 Å². The summed E-state index contributed by atoms with van der Waals surface area (Å²) in [4.78, 5) is 25.0. The molecule has 0 radical (unpaired) electrons. The lowest BCUT2D eigenvalue weighted by Crippen LogP contribution is -2.38. The first kappa shape index (κ1) is 13.5. The molecule has 2 amide bonds. The predicted molar refractivity (Wildman–Crippen MR) is 64.5 cm³/mol. The first-order valence-electron chi connectivity index (χ1n) is 6.08. The Balaban J connectivity index is 1.91. The van der Waals surface area contributed by atoms with Gasteiger partial charge in [0.05, 0.1) is 6.54 Å². The molecule has 1 heterocycles. The van der Waals surface area contributed by atoms with Crippen LogP contribution >= 0.6 is 0 Å². The van der Waals surface area contributed by atoms with E-state index in [2.05, 4.69) is 5.32 Å². The molecule has 0 bridgehead atoms. The second-order valence-electron chi connectivity index (χ2n) is 4.43. The van der Waals surface area contributed by atoms with Crippen LogP contribution in [-0.2, 0) is 4.79 Å². The Hall–Kier alpha value is -1.98. The number of halogens is 2. The number of nitrogens with zero attached hydrogens (tertiary/aromatic N) is 1. The molecule has 2 rings (SSSR count). The molecule has 1 saturated heterocycles. The van der Waals surface area contributed by atoms with Crippen LogP contribution in [0.5, 0.6) is 0 Å². The average molecular weight is 268 g/mol. The van der Waals surface area contributed by atoms with Gasteiger partial charge in [0, 0.05) is 24.7 Å². The van der Waals surface area contributed by atoms with Crippen molar-refractivity contribution in [1.29, 1.82) is 0 Å². The minimum absolute atomic E-state index is 0.133. The molecule has 4 nitrogen and oxygen atoms in total. The molecule has 0 unspecified atom stereocenters. The zero-order chi connectivity index (χ0) is 13.8. The van der Waals surface area contributed by atoms with E-state index in [1.165, 1.54) is 0 Å². The smallest absolute Gasteiger partial charge is 0.251 e. The number of carbonyl (C=O) groups is 2. The Labute approximate surface area is 109 Å². The van der Waals surface area contributed by atoms with Gasteiger partial charge in [-0.25, -0.2) is 8.78 Å². The zero-order valence-electron chi connectivity index (χ0n) is 10.3. The highest BCUT2D eigenvalue weighted by molar-refractivity contribution is 5.96. The van der Waals surface area contributed by atoms with Crippen LogP contribution in [0.15, 0.2) is 18.2 Å². The first-order chi connectivity index (χ1) is 9.06. The summed E-state index contributed by atoms with van der Waals surface area (Å²) < 4.78 is 25.9. The molecule has 1 fully saturated rings. The number of likely N-dealkylation sites (tertiary alicyclic amines) is 1. The van der Waals surface area contributed by atoms with E-state index in [1.807, 2.05) is 0 Å². The van der Waals surface area contributed by atoms with Gasteiger partial charge in [-0.05, 0) is 25.0 Å². The third kappa shape index (κ3) is 3.49. The summed E-state index contributed by atoms with van der Waals surface area (Å²) in [6.45, 7) is 1.24. The van der Waals surface area contributed by atoms with E-state index in [0.717, 1.165) is 25.0 Å². The van der Waals surface area contributed by atoms with Crippen LogP contribution in [0.2, 0.25) is 0 Å². The molecule has 1 N–H and O–H groups in total. The van der Waals surface area contributed by atoms with Crippen LogP contribution in [0.25, 0.3) is 0 Å². The van der Waals surface area contributed by atoms with Gasteiger partial charge >= 0.3 is 0 Å². The van der Waals surface area contributed by atoms with Crippen molar-refractivity contribution in [2.45, 2.75) is 12.8 Å². The standard InChI is InChI=1S/C13H14F2N2O2/c14-10-5-9(6-11(15)7-10)13(19)16-8-12(18)17-3-1-2-4-17/h5-7H,1-4,8H2,(H,16,19). The fraction of sp³-hybridized carbons (Fsp3) is 0.385. The SMILES string of the molecule is O=C(NCC(=O)N1CCCC1)c1cc(F)cc(F)c1. The molecular weight excluding hydrogens is 254 g/mol. The van der Waals surface area contributed by atoms with Gasteiger partial charge in [0.1, 0.15) is 11.6 Å². The number of rotatable bonds is 3. The summed E-state index contributed by atoms with van der Waals surface area (Å²) >= 11 is 0. The number of hydrogen-bond donors (Lipinski definition) is 1. The predicted octanol–water partition coefficient (Wildman–Crippen LogP) is 1.32. The van der Waals surface area contributed by atoms with Gasteiger partial charge < -0.3 is 10.2 Å². The normalized spacial score (nSPS) is 14.5. The van der Waals surface area contributed by atoms with Crippen molar-refractivity contribution in [1.82, 2.24) is 10.2 Å². The number of amides is 2. The highest BCUT2D eigenvalue weighted by atomic mass is 19.1. The third-order valence-corrected chi connectivity index (χ3v) is 2.98. The summed E-state index contributed by atoms with van der Waals surface area (Å²) in [5, 5.41) is 2.37. The van der Waals surface area contributed by atoms with Crippen molar-refractivity contribution in [3.8, 4) is 0 Å². The second-order valence-corrected chi connectivity index (χ2v) is 4.43. The molecule has 102 valence electrons. The van der Waals surface area contributed by atoms with Crippen molar-refractivity contribution in [3.05, 3.63) is 35.4 Å². The highest BCUT2D eigenvalue weighted by Crippen LogP contribution is 2.09. The van der Waals surface area contributed by atoms with Crippen molar-refractivity contribution in [2.75, 3.05) is 19.6 Å². The van der Waals surface area contributed by atoms with E-state index < -0.39 is 17.5 Å². The average Bonchev–Trinajstić information content (AvgIpc) is 2.88.